The Balaban J connectivity index is 1.64. The molecule has 0 aliphatic heterocycles. The van der Waals surface area contributed by atoms with Crippen LogP contribution in [0.25, 0.3) is 10.8 Å². The smallest absolute Gasteiger partial charge is 0.308 e. The Morgan fingerprint density at radius 1 is 0.868 bits per heavy atom. The Morgan fingerprint density at radius 2 is 1.55 bits per heavy atom. The molecule has 3 rings (SSSR count). The minimum Gasteiger partial charge on any atom is -0.461 e. The number of fused-ring (bicyclic) bond motifs is 1. The molecular formula is C27H31N3O7S. The van der Waals surface area contributed by atoms with Crippen molar-refractivity contribution in [2.24, 2.45) is 0 Å². The zero-order valence-electron chi connectivity index (χ0n) is 21.2. The van der Waals surface area contributed by atoms with Crippen molar-refractivity contribution in [3.63, 3.8) is 0 Å². The molecule has 0 fully saturated rings. The van der Waals surface area contributed by atoms with E-state index in [-0.39, 0.29) is 19.8 Å². The molecule has 0 heterocycles. The van der Waals surface area contributed by atoms with Crippen LogP contribution >= 0.6 is 0 Å². The molecule has 2 amide bonds. The molecule has 11 heteroatoms. The van der Waals surface area contributed by atoms with Gasteiger partial charge in [-0.25, -0.2) is 13.1 Å². The van der Waals surface area contributed by atoms with Gasteiger partial charge >= 0.3 is 5.97 Å². The Hall–Kier alpha value is -3.80. The number of carbonyl (C=O) groups excluding carboxylic acids is 3. The first-order valence-corrected chi connectivity index (χ1v) is 13.8. The number of hydrogen-bond donors (Lipinski definition) is 3. The van der Waals surface area contributed by atoms with Gasteiger partial charge in [0.1, 0.15) is 18.7 Å². The lowest BCUT2D eigenvalue weighted by molar-refractivity contribution is -0.147. The molecule has 10 nitrogen and oxygen atoms in total. The second kappa shape index (κ2) is 13.7. The van der Waals surface area contributed by atoms with Gasteiger partial charge in [-0.05, 0) is 21.9 Å². The van der Waals surface area contributed by atoms with Gasteiger partial charge in [-0.2, -0.15) is 0 Å². The summed E-state index contributed by atoms with van der Waals surface area (Å²) in [5, 5.41) is 7.27. The van der Waals surface area contributed by atoms with Crippen molar-refractivity contribution in [3.8, 4) is 0 Å². The molecular weight excluding hydrogens is 510 g/mol. The highest BCUT2D eigenvalue weighted by atomic mass is 32.2. The van der Waals surface area contributed by atoms with Crippen LogP contribution in [0, 0.1) is 0 Å². The molecule has 0 radical (unpaired) electrons. The predicted molar refractivity (Wildman–Crippen MR) is 142 cm³/mol. The third-order valence-corrected chi connectivity index (χ3v) is 6.30. The topological polar surface area (TPSA) is 140 Å². The zero-order chi connectivity index (χ0) is 27.5. The maximum atomic E-state index is 13.0. The fourth-order valence-corrected chi connectivity index (χ4v) is 4.49. The molecule has 38 heavy (non-hydrogen) atoms. The van der Waals surface area contributed by atoms with Crippen LogP contribution < -0.4 is 15.4 Å². The Bertz CT molecular complexity index is 1360. The minimum atomic E-state index is -3.87. The van der Waals surface area contributed by atoms with E-state index in [1.807, 2.05) is 48.5 Å². The predicted octanol–water partition coefficient (Wildman–Crippen LogP) is 1.64. The molecule has 3 aromatic rings. The SMILES string of the molecule is COC[C@H](NC(=O)[C@H](CC(=O)OCc1ccccc1)NS(C)(=O)=O)C(=O)NCc1cccc2ccccc12. The number of carbonyl (C=O) groups is 3. The normalized spacial score (nSPS) is 12.9. The molecule has 0 unspecified atom stereocenters. The number of amides is 2. The largest absolute Gasteiger partial charge is 0.461 e. The van der Waals surface area contributed by atoms with Crippen molar-refractivity contribution in [2.45, 2.75) is 31.7 Å². The maximum Gasteiger partial charge on any atom is 0.308 e. The summed E-state index contributed by atoms with van der Waals surface area (Å²) < 4.78 is 36.2. The van der Waals surface area contributed by atoms with Gasteiger partial charge in [0, 0.05) is 13.7 Å². The standard InChI is InChI=1S/C27H31N3O7S/c1-36-18-24(26(32)28-16-21-13-8-12-20-11-6-7-14-22(20)21)29-27(33)23(30-38(2,34)35)15-25(31)37-17-19-9-4-3-5-10-19/h3-14,23-24,30H,15-18H2,1-2H3,(H,28,32)(H,29,33)/t23-,24-/m0/s1. The van der Waals surface area contributed by atoms with Crippen LogP contribution in [0.3, 0.4) is 0 Å². The van der Waals surface area contributed by atoms with Crippen LogP contribution in [0.15, 0.2) is 72.8 Å². The van der Waals surface area contributed by atoms with E-state index in [9.17, 15) is 22.8 Å². The average molecular weight is 542 g/mol. The number of methoxy groups -OCH3 is 1. The highest BCUT2D eigenvalue weighted by molar-refractivity contribution is 7.88. The van der Waals surface area contributed by atoms with Gasteiger partial charge in [0.05, 0.1) is 19.3 Å². The minimum absolute atomic E-state index is 0.0320. The highest BCUT2D eigenvalue weighted by Gasteiger charge is 2.30. The van der Waals surface area contributed by atoms with Crippen LogP contribution in [0.4, 0.5) is 0 Å². The summed E-state index contributed by atoms with van der Waals surface area (Å²) >= 11 is 0. The molecule has 0 spiro atoms. The van der Waals surface area contributed by atoms with Crippen molar-refractivity contribution in [3.05, 3.63) is 83.9 Å². The maximum absolute atomic E-state index is 13.0. The highest BCUT2D eigenvalue weighted by Crippen LogP contribution is 2.18. The first-order valence-electron chi connectivity index (χ1n) is 11.9. The summed E-state index contributed by atoms with van der Waals surface area (Å²) in [7, 11) is -2.50. The number of esters is 1. The molecule has 202 valence electrons. The van der Waals surface area contributed by atoms with Crippen molar-refractivity contribution in [1.29, 1.82) is 0 Å². The van der Waals surface area contributed by atoms with Crippen LogP contribution in [-0.4, -0.2) is 58.3 Å². The van der Waals surface area contributed by atoms with Crippen molar-refractivity contribution in [1.82, 2.24) is 15.4 Å². The zero-order valence-corrected chi connectivity index (χ0v) is 22.0. The summed E-state index contributed by atoms with van der Waals surface area (Å²) in [6.07, 6.45) is 0.301. The molecule has 0 saturated heterocycles. The molecule has 0 aromatic heterocycles. The summed E-state index contributed by atoms with van der Waals surface area (Å²) in [5.74, 6) is -2.18. The second-order valence-electron chi connectivity index (χ2n) is 8.67. The Morgan fingerprint density at radius 3 is 2.26 bits per heavy atom. The van der Waals surface area contributed by atoms with Gasteiger partial charge in [0.25, 0.3) is 0 Å². The van der Waals surface area contributed by atoms with E-state index in [0.717, 1.165) is 28.2 Å². The lowest BCUT2D eigenvalue weighted by atomic mass is 10.0. The summed E-state index contributed by atoms with van der Waals surface area (Å²) in [6, 6.07) is 19.8. The first kappa shape index (κ1) is 28.8. The monoisotopic (exact) mass is 541 g/mol. The van der Waals surface area contributed by atoms with E-state index in [4.69, 9.17) is 9.47 Å². The van der Waals surface area contributed by atoms with Gasteiger partial charge in [-0.1, -0.05) is 72.8 Å². The van der Waals surface area contributed by atoms with Gasteiger partial charge in [-0.3, -0.25) is 14.4 Å². The number of rotatable bonds is 13. The summed E-state index contributed by atoms with van der Waals surface area (Å²) in [5.41, 5.74) is 1.62. The molecule has 3 N–H and O–H groups in total. The van der Waals surface area contributed by atoms with E-state index in [2.05, 4.69) is 15.4 Å². The van der Waals surface area contributed by atoms with Crippen molar-refractivity contribution >= 4 is 38.6 Å². The third-order valence-electron chi connectivity index (χ3n) is 5.59. The van der Waals surface area contributed by atoms with Gasteiger partial charge in [0.15, 0.2) is 0 Å². The fourth-order valence-electron chi connectivity index (χ4n) is 3.78. The summed E-state index contributed by atoms with van der Waals surface area (Å²) in [4.78, 5) is 38.3. The number of sulfonamides is 1. The Kier molecular flexibility index (Phi) is 10.3. The molecule has 0 aliphatic rings. The van der Waals surface area contributed by atoms with Crippen LogP contribution in [-0.2, 0) is 47.0 Å². The molecule has 0 saturated carbocycles. The van der Waals surface area contributed by atoms with Gasteiger partial charge in [0.2, 0.25) is 21.8 Å². The second-order valence-corrected chi connectivity index (χ2v) is 10.4. The number of ether oxygens (including phenoxy) is 2. The fraction of sp³-hybridized carbons (Fsp3) is 0.296. The Labute approximate surface area is 221 Å². The van der Waals surface area contributed by atoms with Crippen LogP contribution in [0.2, 0.25) is 0 Å². The van der Waals surface area contributed by atoms with Crippen LogP contribution in [0.1, 0.15) is 17.5 Å². The van der Waals surface area contributed by atoms with E-state index < -0.39 is 46.3 Å². The lowest BCUT2D eigenvalue weighted by Crippen LogP contribution is -2.55. The van der Waals surface area contributed by atoms with Gasteiger partial charge < -0.3 is 20.1 Å². The molecule has 3 aromatic carbocycles. The molecule has 2 atom stereocenters. The number of benzene rings is 3. The quantitative estimate of drug-likeness (QED) is 0.280. The average Bonchev–Trinajstić information content (AvgIpc) is 2.89. The van der Waals surface area contributed by atoms with E-state index >= 15 is 0 Å². The lowest BCUT2D eigenvalue weighted by Gasteiger charge is -2.22. The van der Waals surface area contributed by atoms with Crippen LogP contribution in [0.5, 0.6) is 0 Å². The van der Waals surface area contributed by atoms with E-state index in [1.54, 1.807) is 24.3 Å². The molecule has 0 aliphatic carbocycles. The molecule has 0 bridgehead atoms. The number of hydrogen-bond acceptors (Lipinski definition) is 7. The van der Waals surface area contributed by atoms with E-state index in [1.165, 1.54) is 7.11 Å². The van der Waals surface area contributed by atoms with Gasteiger partial charge in [-0.15, -0.1) is 0 Å². The van der Waals surface area contributed by atoms with Crippen molar-refractivity contribution < 1.29 is 32.3 Å². The summed E-state index contributed by atoms with van der Waals surface area (Å²) in [6.45, 7) is 0.0000216. The van der Waals surface area contributed by atoms with Crippen molar-refractivity contribution in [2.75, 3.05) is 20.0 Å². The first-order chi connectivity index (χ1) is 18.2. The number of nitrogens with one attached hydrogen (secondary N) is 3. The van der Waals surface area contributed by atoms with E-state index in [0.29, 0.717) is 0 Å². The third kappa shape index (κ3) is 8.94.